The molecule has 0 aromatic heterocycles. The van der Waals surface area contributed by atoms with Crippen molar-refractivity contribution in [2.45, 2.75) is 25.8 Å². The Kier molecular flexibility index (Phi) is 6.64. The lowest BCUT2D eigenvalue weighted by Gasteiger charge is -2.34. The third-order valence-corrected chi connectivity index (χ3v) is 4.31. The van der Waals surface area contributed by atoms with E-state index in [1.54, 1.807) is 16.7 Å². The quantitative estimate of drug-likeness (QED) is 0.689. The molecular formula is C15H26N4O4. The van der Waals surface area contributed by atoms with E-state index in [1.807, 2.05) is 0 Å². The molecule has 2 saturated heterocycles. The number of piperazine rings is 1. The van der Waals surface area contributed by atoms with Gasteiger partial charge in [-0.2, -0.15) is 0 Å². The number of nitrogens with one attached hydrogen (secondary N) is 1. The smallest absolute Gasteiger partial charge is 0.409 e. The number of carbonyl (C=O) groups excluding carboxylic acids is 3. The van der Waals surface area contributed by atoms with Gasteiger partial charge in [-0.1, -0.05) is 0 Å². The summed E-state index contributed by atoms with van der Waals surface area (Å²) in [5, 5.41) is 3.04. The molecule has 0 aliphatic carbocycles. The highest BCUT2D eigenvalue weighted by Gasteiger charge is 2.25. The Hall–Kier alpha value is -1.83. The van der Waals surface area contributed by atoms with Gasteiger partial charge in [0.25, 0.3) is 0 Å². The van der Waals surface area contributed by atoms with Crippen LogP contribution in [0.15, 0.2) is 0 Å². The molecular weight excluding hydrogens is 300 g/mol. The second-order valence-electron chi connectivity index (χ2n) is 5.95. The Morgan fingerprint density at radius 3 is 2.35 bits per heavy atom. The van der Waals surface area contributed by atoms with Crippen LogP contribution in [0.5, 0.6) is 0 Å². The molecule has 8 heteroatoms. The van der Waals surface area contributed by atoms with Crippen LogP contribution in [0.2, 0.25) is 0 Å². The normalized spacial score (nSPS) is 20.2. The first-order valence-corrected chi connectivity index (χ1v) is 8.25. The van der Waals surface area contributed by atoms with Gasteiger partial charge in [-0.05, 0) is 19.8 Å². The van der Waals surface area contributed by atoms with Crippen LogP contribution >= 0.6 is 0 Å². The van der Waals surface area contributed by atoms with Crippen LogP contribution in [0.3, 0.4) is 0 Å². The Bertz CT molecular complexity index is 416. The minimum Gasteiger partial charge on any atom is -0.450 e. The van der Waals surface area contributed by atoms with Gasteiger partial charge in [0.2, 0.25) is 12.3 Å². The summed E-state index contributed by atoms with van der Waals surface area (Å²) in [4.78, 5) is 39.9. The van der Waals surface area contributed by atoms with Crippen LogP contribution < -0.4 is 5.32 Å². The fraction of sp³-hybridized carbons (Fsp3) is 0.800. The van der Waals surface area contributed by atoms with E-state index >= 15 is 0 Å². The van der Waals surface area contributed by atoms with Crippen molar-refractivity contribution in [1.29, 1.82) is 0 Å². The number of nitrogens with zero attached hydrogens (tertiary/aromatic N) is 3. The van der Waals surface area contributed by atoms with Crippen LogP contribution in [0.1, 0.15) is 19.8 Å². The zero-order chi connectivity index (χ0) is 16.7. The summed E-state index contributed by atoms with van der Waals surface area (Å²) < 4.78 is 4.98. The highest BCUT2D eigenvalue weighted by molar-refractivity contribution is 5.78. The zero-order valence-corrected chi connectivity index (χ0v) is 13.7. The molecule has 0 aromatic carbocycles. The first-order valence-electron chi connectivity index (χ1n) is 8.25. The standard InChI is InChI=1S/C15H26N4O4/c1-2-23-15(22)19-5-3-13(4-6-19)16-14(21)11-17-7-9-18(12-20)10-8-17/h12-13H,2-11H2,1H3,(H,16,21). The van der Waals surface area contributed by atoms with Gasteiger partial charge in [0.05, 0.1) is 13.2 Å². The van der Waals surface area contributed by atoms with Gasteiger partial charge in [-0.25, -0.2) is 4.79 Å². The maximum absolute atomic E-state index is 12.1. The summed E-state index contributed by atoms with van der Waals surface area (Å²) in [6.45, 7) is 6.57. The predicted molar refractivity (Wildman–Crippen MR) is 83.8 cm³/mol. The van der Waals surface area contributed by atoms with Gasteiger partial charge in [-0.3, -0.25) is 14.5 Å². The van der Waals surface area contributed by atoms with Gasteiger partial charge >= 0.3 is 6.09 Å². The highest BCUT2D eigenvalue weighted by Crippen LogP contribution is 2.11. The van der Waals surface area contributed by atoms with Crippen LogP contribution in [0, 0.1) is 0 Å². The van der Waals surface area contributed by atoms with Crippen LogP contribution in [0.25, 0.3) is 0 Å². The van der Waals surface area contributed by atoms with Crippen LogP contribution in [-0.4, -0.2) is 91.6 Å². The van der Waals surface area contributed by atoms with Crippen molar-refractivity contribution in [3.05, 3.63) is 0 Å². The van der Waals surface area contributed by atoms with Crippen LogP contribution in [-0.2, 0) is 14.3 Å². The number of ether oxygens (including phenoxy) is 1. The molecule has 2 rings (SSSR count). The lowest BCUT2D eigenvalue weighted by atomic mass is 10.1. The number of piperidine rings is 1. The molecule has 0 atom stereocenters. The van der Waals surface area contributed by atoms with Gasteiger partial charge < -0.3 is 19.9 Å². The average molecular weight is 326 g/mol. The van der Waals surface area contributed by atoms with Crippen molar-refractivity contribution in [2.75, 3.05) is 52.4 Å². The van der Waals surface area contributed by atoms with E-state index in [0.29, 0.717) is 39.3 Å². The van der Waals surface area contributed by atoms with Gasteiger partial charge in [0, 0.05) is 45.3 Å². The summed E-state index contributed by atoms with van der Waals surface area (Å²) in [7, 11) is 0. The fourth-order valence-corrected chi connectivity index (χ4v) is 2.92. The number of carbonyl (C=O) groups is 3. The van der Waals surface area contributed by atoms with E-state index in [0.717, 1.165) is 32.3 Å². The molecule has 0 bridgehead atoms. The first kappa shape index (κ1) is 17.5. The van der Waals surface area contributed by atoms with Crippen molar-refractivity contribution >= 4 is 18.4 Å². The van der Waals surface area contributed by atoms with E-state index in [4.69, 9.17) is 4.74 Å². The highest BCUT2D eigenvalue weighted by atomic mass is 16.6. The molecule has 130 valence electrons. The van der Waals surface area contributed by atoms with E-state index in [9.17, 15) is 14.4 Å². The summed E-state index contributed by atoms with van der Waals surface area (Å²) in [5.41, 5.74) is 0. The molecule has 0 saturated carbocycles. The zero-order valence-electron chi connectivity index (χ0n) is 13.7. The SMILES string of the molecule is CCOC(=O)N1CCC(NC(=O)CN2CCN(C=O)CC2)CC1. The second kappa shape index (κ2) is 8.71. The summed E-state index contributed by atoms with van der Waals surface area (Å²) in [6.07, 6.45) is 2.09. The average Bonchev–Trinajstić information content (AvgIpc) is 2.56. The number of likely N-dealkylation sites (tertiary alicyclic amines) is 1. The fourth-order valence-electron chi connectivity index (χ4n) is 2.92. The Labute approximate surface area is 136 Å². The topological polar surface area (TPSA) is 82.2 Å². The third kappa shape index (κ3) is 5.38. The summed E-state index contributed by atoms with van der Waals surface area (Å²) >= 11 is 0. The van der Waals surface area contributed by atoms with E-state index in [-0.39, 0.29) is 18.0 Å². The second-order valence-corrected chi connectivity index (χ2v) is 5.95. The Morgan fingerprint density at radius 1 is 1.13 bits per heavy atom. The Balaban J connectivity index is 1.65. The molecule has 23 heavy (non-hydrogen) atoms. The summed E-state index contributed by atoms with van der Waals surface area (Å²) in [6, 6.07) is 0.115. The molecule has 0 aromatic rings. The number of hydrogen-bond donors (Lipinski definition) is 1. The van der Waals surface area contributed by atoms with Crippen molar-refractivity contribution in [3.8, 4) is 0 Å². The van der Waals surface area contributed by atoms with E-state index in [1.165, 1.54) is 0 Å². The van der Waals surface area contributed by atoms with Crippen molar-refractivity contribution < 1.29 is 19.1 Å². The largest absolute Gasteiger partial charge is 0.450 e. The monoisotopic (exact) mass is 326 g/mol. The molecule has 2 heterocycles. The van der Waals surface area contributed by atoms with Crippen molar-refractivity contribution in [2.24, 2.45) is 0 Å². The van der Waals surface area contributed by atoms with Gasteiger partial charge in [0.15, 0.2) is 0 Å². The lowest BCUT2D eigenvalue weighted by Crippen LogP contribution is -2.51. The third-order valence-electron chi connectivity index (χ3n) is 4.31. The van der Waals surface area contributed by atoms with E-state index in [2.05, 4.69) is 10.2 Å². The number of hydrogen-bond acceptors (Lipinski definition) is 5. The Morgan fingerprint density at radius 2 is 1.78 bits per heavy atom. The minimum atomic E-state index is -0.273. The predicted octanol–water partition coefficient (Wildman–Crippen LogP) is -0.502. The molecule has 3 amide bonds. The molecule has 0 spiro atoms. The molecule has 0 radical (unpaired) electrons. The van der Waals surface area contributed by atoms with Gasteiger partial charge in [-0.15, -0.1) is 0 Å². The summed E-state index contributed by atoms with van der Waals surface area (Å²) in [5.74, 6) is 0.0131. The number of rotatable bonds is 5. The maximum Gasteiger partial charge on any atom is 0.409 e. The minimum absolute atomic E-state index is 0.0131. The molecule has 2 aliphatic rings. The molecule has 8 nitrogen and oxygen atoms in total. The number of amides is 3. The molecule has 2 aliphatic heterocycles. The van der Waals surface area contributed by atoms with Crippen LogP contribution in [0.4, 0.5) is 4.79 Å². The first-order chi connectivity index (χ1) is 11.1. The molecule has 1 N–H and O–H groups in total. The molecule has 0 unspecified atom stereocenters. The van der Waals surface area contributed by atoms with Crippen molar-refractivity contribution in [3.63, 3.8) is 0 Å². The van der Waals surface area contributed by atoms with Crippen molar-refractivity contribution in [1.82, 2.24) is 20.0 Å². The molecule has 2 fully saturated rings. The lowest BCUT2D eigenvalue weighted by molar-refractivity contribution is -0.124. The maximum atomic E-state index is 12.1. The van der Waals surface area contributed by atoms with Gasteiger partial charge in [0.1, 0.15) is 0 Å². The van der Waals surface area contributed by atoms with E-state index < -0.39 is 0 Å².